The van der Waals surface area contributed by atoms with Crippen LogP contribution in [0.1, 0.15) is 18.1 Å². The van der Waals surface area contributed by atoms with Gasteiger partial charge in [-0.2, -0.15) is 0 Å². The van der Waals surface area contributed by atoms with Crippen LogP contribution in [0.25, 0.3) is 11.1 Å². The van der Waals surface area contributed by atoms with E-state index in [-0.39, 0.29) is 6.61 Å². The normalized spacial score (nSPS) is 13.0. The van der Waals surface area contributed by atoms with E-state index in [4.69, 9.17) is 10.5 Å². The number of aliphatic hydroxyl groups is 1. The Balaban J connectivity index is 1.79. The smallest absolute Gasteiger partial charge is 0.342 e. The summed E-state index contributed by atoms with van der Waals surface area (Å²) in [5.41, 5.74) is 7.75. The second kappa shape index (κ2) is 7.42. The molecule has 3 rings (SSSR count). The average Bonchev–Trinajstić information content (AvgIpc) is 2.67. The molecule has 0 amide bonds. The number of rotatable bonds is 5. The van der Waals surface area contributed by atoms with Gasteiger partial charge in [0.2, 0.25) is 0 Å². The van der Waals surface area contributed by atoms with Crippen LogP contribution < -0.4 is 5.73 Å². The van der Waals surface area contributed by atoms with Gasteiger partial charge in [0, 0.05) is 11.3 Å². The first kappa shape index (κ1) is 17.7. The Morgan fingerprint density at radius 3 is 2.19 bits per heavy atom. The van der Waals surface area contributed by atoms with E-state index in [2.05, 4.69) is 0 Å². The SMILES string of the molecule is CC(O)(C(=O)OCc1ccccc1)c1ccc(-c2ccccc2)cc1N. The number of carbonyl (C=O) groups excluding carboxylic acids is 1. The number of benzene rings is 3. The maximum atomic E-state index is 12.4. The van der Waals surface area contributed by atoms with Crippen molar-refractivity contribution in [3.05, 3.63) is 90.0 Å². The number of hydrogen-bond donors (Lipinski definition) is 2. The van der Waals surface area contributed by atoms with Gasteiger partial charge in [-0.3, -0.25) is 0 Å². The summed E-state index contributed by atoms with van der Waals surface area (Å²) in [6, 6.07) is 24.3. The van der Waals surface area contributed by atoms with Gasteiger partial charge in [0.05, 0.1) is 0 Å². The molecule has 26 heavy (non-hydrogen) atoms. The maximum Gasteiger partial charge on any atom is 0.342 e. The molecule has 0 spiro atoms. The molecule has 0 saturated carbocycles. The highest BCUT2D eigenvalue weighted by Crippen LogP contribution is 2.31. The van der Waals surface area contributed by atoms with Gasteiger partial charge in [-0.1, -0.05) is 72.8 Å². The zero-order valence-electron chi connectivity index (χ0n) is 14.6. The first-order valence-electron chi connectivity index (χ1n) is 8.37. The van der Waals surface area contributed by atoms with Crippen LogP contribution in [0.3, 0.4) is 0 Å². The summed E-state index contributed by atoms with van der Waals surface area (Å²) in [4.78, 5) is 12.4. The van der Waals surface area contributed by atoms with Crippen molar-refractivity contribution in [1.82, 2.24) is 0 Å². The highest BCUT2D eigenvalue weighted by atomic mass is 16.5. The van der Waals surface area contributed by atoms with Gasteiger partial charge in [-0.05, 0) is 29.7 Å². The summed E-state index contributed by atoms with van der Waals surface area (Å²) in [5.74, 6) is -0.736. The van der Waals surface area contributed by atoms with E-state index in [1.165, 1.54) is 6.92 Å². The van der Waals surface area contributed by atoms with Crippen molar-refractivity contribution in [2.75, 3.05) is 5.73 Å². The molecule has 4 heteroatoms. The summed E-state index contributed by atoms with van der Waals surface area (Å²) in [7, 11) is 0. The Kier molecular flexibility index (Phi) is 5.05. The fraction of sp³-hybridized carbons (Fsp3) is 0.136. The number of carbonyl (C=O) groups is 1. The number of esters is 1. The Labute approximate surface area is 152 Å². The monoisotopic (exact) mass is 347 g/mol. The molecule has 0 aromatic heterocycles. The van der Waals surface area contributed by atoms with Crippen molar-refractivity contribution in [1.29, 1.82) is 0 Å². The van der Waals surface area contributed by atoms with Crippen molar-refractivity contribution >= 4 is 11.7 Å². The molecule has 0 fully saturated rings. The maximum absolute atomic E-state index is 12.4. The molecule has 132 valence electrons. The molecular weight excluding hydrogens is 326 g/mol. The summed E-state index contributed by atoms with van der Waals surface area (Å²) in [5, 5.41) is 10.7. The minimum atomic E-state index is -1.83. The van der Waals surface area contributed by atoms with E-state index in [1.807, 2.05) is 66.7 Å². The molecule has 0 aliphatic rings. The summed E-state index contributed by atoms with van der Waals surface area (Å²) in [6.07, 6.45) is 0. The molecule has 0 saturated heterocycles. The molecule has 1 unspecified atom stereocenters. The molecule has 0 radical (unpaired) electrons. The molecule has 0 heterocycles. The third kappa shape index (κ3) is 3.76. The van der Waals surface area contributed by atoms with Crippen LogP contribution in [-0.4, -0.2) is 11.1 Å². The van der Waals surface area contributed by atoms with Crippen molar-refractivity contribution in [3.8, 4) is 11.1 Å². The Bertz CT molecular complexity index is 890. The molecular formula is C22H21NO3. The van der Waals surface area contributed by atoms with E-state index in [9.17, 15) is 9.90 Å². The van der Waals surface area contributed by atoms with Crippen molar-refractivity contribution in [2.45, 2.75) is 19.1 Å². The van der Waals surface area contributed by atoms with E-state index in [0.29, 0.717) is 11.3 Å². The van der Waals surface area contributed by atoms with E-state index in [0.717, 1.165) is 16.7 Å². The molecule has 3 N–H and O–H groups in total. The quantitative estimate of drug-likeness (QED) is 0.542. The second-order valence-corrected chi connectivity index (χ2v) is 6.30. The van der Waals surface area contributed by atoms with Crippen LogP contribution in [0.5, 0.6) is 0 Å². The first-order valence-corrected chi connectivity index (χ1v) is 8.37. The van der Waals surface area contributed by atoms with Crippen molar-refractivity contribution in [2.24, 2.45) is 0 Å². The number of ether oxygens (including phenoxy) is 1. The van der Waals surface area contributed by atoms with Crippen LogP contribution in [0.2, 0.25) is 0 Å². The first-order chi connectivity index (χ1) is 12.5. The number of hydrogen-bond acceptors (Lipinski definition) is 4. The Morgan fingerprint density at radius 1 is 0.962 bits per heavy atom. The summed E-state index contributed by atoms with van der Waals surface area (Å²) in [6.45, 7) is 1.49. The predicted octanol–water partition coefficient (Wildman–Crippen LogP) is 3.89. The van der Waals surface area contributed by atoms with Gasteiger partial charge in [0.1, 0.15) is 6.61 Å². The minimum absolute atomic E-state index is 0.0951. The molecule has 0 aliphatic carbocycles. The lowest BCUT2D eigenvalue weighted by molar-refractivity contribution is -0.166. The van der Waals surface area contributed by atoms with Crippen LogP contribution in [0.15, 0.2) is 78.9 Å². The summed E-state index contributed by atoms with van der Waals surface area (Å²) >= 11 is 0. The molecule has 0 bridgehead atoms. The third-order valence-corrected chi connectivity index (χ3v) is 4.29. The van der Waals surface area contributed by atoms with Gasteiger partial charge in [-0.25, -0.2) is 4.79 Å². The zero-order chi connectivity index (χ0) is 18.6. The van der Waals surface area contributed by atoms with Gasteiger partial charge < -0.3 is 15.6 Å². The molecule has 3 aromatic rings. The fourth-order valence-corrected chi connectivity index (χ4v) is 2.79. The molecule has 1 atom stereocenters. The molecule has 0 aliphatic heterocycles. The number of nitrogens with two attached hydrogens (primary N) is 1. The van der Waals surface area contributed by atoms with E-state index < -0.39 is 11.6 Å². The van der Waals surface area contributed by atoms with Crippen LogP contribution >= 0.6 is 0 Å². The van der Waals surface area contributed by atoms with Gasteiger partial charge in [0.25, 0.3) is 0 Å². The highest BCUT2D eigenvalue weighted by Gasteiger charge is 2.36. The Hall–Kier alpha value is -3.11. The predicted molar refractivity (Wildman–Crippen MR) is 102 cm³/mol. The zero-order valence-corrected chi connectivity index (χ0v) is 14.6. The lowest BCUT2D eigenvalue weighted by Gasteiger charge is -2.24. The highest BCUT2D eigenvalue weighted by molar-refractivity contribution is 5.84. The molecule has 4 nitrogen and oxygen atoms in total. The minimum Gasteiger partial charge on any atom is -0.458 e. The third-order valence-electron chi connectivity index (χ3n) is 4.29. The van der Waals surface area contributed by atoms with E-state index in [1.54, 1.807) is 12.1 Å². The van der Waals surface area contributed by atoms with Crippen molar-refractivity contribution in [3.63, 3.8) is 0 Å². The largest absolute Gasteiger partial charge is 0.458 e. The lowest BCUT2D eigenvalue weighted by atomic mass is 9.92. The standard InChI is InChI=1S/C22H21NO3/c1-22(25,21(24)26-15-16-8-4-2-5-9-16)19-13-12-18(14-20(19)23)17-10-6-3-7-11-17/h2-14,25H,15,23H2,1H3. The summed E-state index contributed by atoms with van der Waals surface area (Å²) < 4.78 is 5.27. The molecule has 3 aromatic carbocycles. The lowest BCUT2D eigenvalue weighted by Crippen LogP contribution is -2.34. The number of nitrogen functional groups attached to an aromatic ring is 1. The topological polar surface area (TPSA) is 72.5 Å². The number of anilines is 1. The second-order valence-electron chi connectivity index (χ2n) is 6.30. The van der Waals surface area contributed by atoms with Gasteiger partial charge in [0.15, 0.2) is 5.60 Å². The van der Waals surface area contributed by atoms with Crippen LogP contribution in [0.4, 0.5) is 5.69 Å². The van der Waals surface area contributed by atoms with Crippen LogP contribution in [0, 0.1) is 0 Å². The van der Waals surface area contributed by atoms with Crippen molar-refractivity contribution < 1.29 is 14.6 Å². The van der Waals surface area contributed by atoms with Crippen LogP contribution in [-0.2, 0) is 21.7 Å². The van der Waals surface area contributed by atoms with E-state index >= 15 is 0 Å². The Morgan fingerprint density at radius 2 is 1.58 bits per heavy atom. The van der Waals surface area contributed by atoms with Gasteiger partial charge in [-0.15, -0.1) is 0 Å². The van der Waals surface area contributed by atoms with Gasteiger partial charge >= 0.3 is 5.97 Å². The fourth-order valence-electron chi connectivity index (χ4n) is 2.79. The average molecular weight is 347 g/mol.